The van der Waals surface area contributed by atoms with Crippen LogP contribution in [0, 0.1) is 11.7 Å². The zero-order valence-electron chi connectivity index (χ0n) is 10.6. The van der Waals surface area contributed by atoms with Gasteiger partial charge in [-0.3, -0.25) is 0 Å². The first-order chi connectivity index (χ1) is 8.66. The van der Waals surface area contributed by atoms with Crippen LogP contribution in [-0.2, 0) is 0 Å². The number of thioether (sulfide) groups is 1. The first kappa shape index (κ1) is 14.4. The van der Waals surface area contributed by atoms with E-state index >= 15 is 0 Å². The van der Waals surface area contributed by atoms with Crippen molar-refractivity contribution in [3.05, 3.63) is 34.1 Å². The van der Waals surface area contributed by atoms with Gasteiger partial charge in [-0.1, -0.05) is 22.0 Å². The van der Waals surface area contributed by atoms with Crippen molar-refractivity contribution in [3.63, 3.8) is 0 Å². The van der Waals surface area contributed by atoms with Crippen molar-refractivity contribution >= 4 is 27.7 Å². The summed E-state index contributed by atoms with van der Waals surface area (Å²) in [6.07, 6.45) is 2.63. The Hall–Kier alpha value is -0.0600. The second-order valence-electron chi connectivity index (χ2n) is 4.85. The molecular formula is C14H19BrFNS. The molecule has 1 fully saturated rings. The molecule has 4 heteroatoms. The van der Waals surface area contributed by atoms with E-state index in [1.807, 2.05) is 6.07 Å². The van der Waals surface area contributed by atoms with Gasteiger partial charge in [-0.05, 0) is 61.4 Å². The van der Waals surface area contributed by atoms with Gasteiger partial charge in [0.25, 0.3) is 0 Å². The van der Waals surface area contributed by atoms with Crippen LogP contribution in [0.3, 0.4) is 0 Å². The lowest BCUT2D eigenvalue weighted by molar-refractivity contribution is 0.420. The van der Waals surface area contributed by atoms with Crippen LogP contribution in [-0.4, -0.2) is 18.1 Å². The van der Waals surface area contributed by atoms with Crippen molar-refractivity contribution in [2.24, 2.45) is 5.92 Å². The number of rotatable bonds is 4. The number of benzene rings is 1. The third-order valence-electron chi connectivity index (χ3n) is 3.48. The molecule has 100 valence electrons. The summed E-state index contributed by atoms with van der Waals surface area (Å²) in [5, 5.41) is 3.57. The number of halogens is 2. The van der Waals surface area contributed by atoms with Crippen molar-refractivity contribution in [3.8, 4) is 0 Å². The number of hydrogen-bond acceptors (Lipinski definition) is 2. The normalized spacial score (nSPS) is 18.8. The highest BCUT2D eigenvalue weighted by Crippen LogP contribution is 2.26. The first-order valence-electron chi connectivity index (χ1n) is 6.43. The van der Waals surface area contributed by atoms with Gasteiger partial charge >= 0.3 is 0 Å². The maximum absolute atomic E-state index is 13.0. The molecular weight excluding hydrogens is 313 g/mol. The summed E-state index contributed by atoms with van der Waals surface area (Å²) in [6.45, 7) is 3.20. The molecule has 0 aliphatic carbocycles. The molecule has 1 unspecified atom stereocenters. The summed E-state index contributed by atoms with van der Waals surface area (Å²) in [4.78, 5) is 0. The van der Waals surface area contributed by atoms with E-state index in [1.165, 1.54) is 36.5 Å². The third kappa shape index (κ3) is 3.97. The zero-order chi connectivity index (χ0) is 13.0. The third-order valence-corrected chi connectivity index (χ3v) is 5.22. The molecule has 0 aromatic heterocycles. The second-order valence-corrected chi connectivity index (χ2v) is 6.93. The summed E-state index contributed by atoms with van der Waals surface area (Å²) in [7, 11) is 0. The van der Waals surface area contributed by atoms with Crippen LogP contribution >= 0.6 is 27.7 Å². The molecule has 1 saturated heterocycles. The van der Waals surface area contributed by atoms with Gasteiger partial charge in [-0.25, -0.2) is 4.39 Å². The predicted molar refractivity (Wildman–Crippen MR) is 80.6 cm³/mol. The van der Waals surface area contributed by atoms with E-state index in [9.17, 15) is 4.39 Å². The average Bonchev–Trinajstić information content (AvgIpc) is 2.37. The van der Waals surface area contributed by atoms with Gasteiger partial charge < -0.3 is 5.32 Å². The van der Waals surface area contributed by atoms with E-state index < -0.39 is 0 Å². The van der Waals surface area contributed by atoms with Crippen LogP contribution in [0.15, 0.2) is 22.7 Å². The Balaban J connectivity index is 1.88. The van der Waals surface area contributed by atoms with Crippen LogP contribution in [0.1, 0.15) is 31.4 Å². The SMILES string of the molecule is CC(NCC1CCSCC1)c1ccc(F)cc1Br. The Bertz CT molecular complexity index is 393. The van der Waals surface area contributed by atoms with E-state index in [4.69, 9.17) is 0 Å². The molecule has 0 bridgehead atoms. The second kappa shape index (κ2) is 6.92. The van der Waals surface area contributed by atoms with Gasteiger partial charge in [0.05, 0.1) is 0 Å². The molecule has 0 saturated carbocycles. The molecule has 1 atom stereocenters. The zero-order valence-corrected chi connectivity index (χ0v) is 13.0. The molecule has 18 heavy (non-hydrogen) atoms. The van der Waals surface area contributed by atoms with Gasteiger partial charge in [0.2, 0.25) is 0 Å². The predicted octanol–water partition coefficient (Wildman–Crippen LogP) is 4.38. The maximum atomic E-state index is 13.0. The van der Waals surface area contributed by atoms with Gasteiger partial charge in [-0.15, -0.1) is 0 Å². The molecule has 0 spiro atoms. The quantitative estimate of drug-likeness (QED) is 0.878. The minimum Gasteiger partial charge on any atom is -0.310 e. The summed E-state index contributed by atoms with van der Waals surface area (Å²) in [6, 6.07) is 5.17. The standard InChI is InChI=1S/C14H19BrFNS/c1-10(13-3-2-12(16)8-14(13)15)17-9-11-4-6-18-7-5-11/h2-3,8,10-11,17H,4-7,9H2,1H3. The maximum Gasteiger partial charge on any atom is 0.124 e. The minimum absolute atomic E-state index is 0.192. The molecule has 1 aliphatic rings. The fraction of sp³-hybridized carbons (Fsp3) is 0.571. The van der Waals surface area contributed by atoms with Crippen molar-refractivity contribution < 1.29 is 4.39 Å². The molecule has 1 heterocycles. The van der Waals surface area contributed by atoms with Crippen LogP contribution < -0.4 is 5.32 Å². The highest BCUT2D eigenvalue weighted by Gasteiger charge is 2.16. The fourth-order valence-electron chi connectivity index (χ4n) is 2.26. The van der Waals surface area contributed by atoms with Crippen LogP contribution in [0.25, 0.3) is 0 Å². The van der Waals surface area contributed by atoms with E-state index in [0.29, 0.717) is 0 Å². The summed E-state index contributed by atoms with van der Waals surface area (Å²) in [5.41, 5.74) is 1.13. The molecule has 2 rings (SSSR count). The van der Waals surface area contributed by atoms with Crippen LogP contribution in [0.5, 0.6) is 0 Å². The number of nitrogens with one attached hydrogen (secondary N) is 1. The van der Waals surface area contributed by atoms with E-state index in [-0.39, 0.29) is 11.9 Å². The minimum atomic E-state index is -0.192. The van der Waals surface area contributed by atoms with Gasteiger partial charge in [0.1, 0.15) is 5.82 Å². The van der Waals surface area contributed by atoms with E-state index in [1.54, 1.807) is 0 Å². The summed E-state index contributed by atoms with van der Waals surface area (Å²) < 4.78 is 13.9. The van der Waals surface area contributed by atoms with Crippen LogP contribution in [0.2, 0.25) is 0 Å². The highest BCUT2D eigenvalue weighted by atomic mass is 79.9. The Kier molecular flexibility index (Phi) is 5.52. The Morgan fingerprint density at radius 3 is 2.83 bits per heavy atom. The number of hydrogen-bond donors (Lipinski definition) is 1. The van der Waals surface area contributed by atoms with Crippen molar-refractivity contribution in [1.29, 1.82) is 0 Å². The Morgan fingerprint density at radius 2 is 2.17 bits per heavy atom. The lowest BCUT2D eigenvalue weighted by Gasteiger charge is -2.24. The summed E-state index contributed by atoms with van der Waals surface area (Å²) in [5.74, 6) is 3.19. The van der Waals surface area contributed by atoms with Crippen molar-refractivity contribution in [2.75, 3.05) is 18.1 Å². The Labute approximate surface area is 121 Å². The summed E-state index contributed by atoms with van der Waals surface area (Å²) >= 11 is 5.49. The van der Waals surface area contributed by atoms with Gasteiger partial charge in [-0.2, -0.15) is 11.8 Å². The van der Waals surface area contributed by atoms with Gasteiger partial charge in [0, 0.05) is 10.5 Å². The van der Waals surface area contributed by atoms with Gasteiger partial charge in [0.15, 0.2) is 0 Å². The van der Waals surface area contributed by atoms with Crippen molar-refractivity contribution in [1.82, 2.24) is 5.32 Å². The molecule has 0 amide bonds. The lowest BCUT2D eigenvalue weighted by atomic mass is 10.0. The largest absolute Gasteiger partial charge is 0.310 e. The Morgan fingerprint density at radius 1 is 1.44 bits per heavy atom. The average molecular weight is 332 g/mol. The smallest absolute Gasteiger partial charge is 0.124 e. The van der Waals surface area contributed by atoms with Crippen molar-refractivity contribution in [2.45, 2.75) is 25.8 Å². The topological polar surface area (TPSA) is 12.0 Å². The molecule has 1 aromatic carbocycles. The fourth-order valence-corrected chi connectivity index (χ4v) is 4.15. The molecule has 0 radical (unpaired) electrons. The highest BCUT2D eigenvalue weighted by molar-refractivity contribution is 9.10. The molecule has 1 aliphatic heterocycles. The van der Waals surface area contributed by atoms with Crippen LogP contribution in [0.4, 0.5) is 4.39 Å². The lowest BCUT2D eigenvalue weighted by Crippen LogP contribution is -2.28. The van der Waals surface area contributed by atoms with E-state index in [2.05, 4.69) is 39.9 Å². The first-order valence-corrected chi connectivity index (χ1v) is 8.37. The van der Waals surface area contributed by atoms with E-state index in [0.717, 1.165) is 22.5 Å². The molecule has 1 aromatic rings. The monoisotopic (exact) mass is 331 g/mol. The molecule has 1 nitrogen and oxygen atoms in total. The molecule has 1 N–H and O–H groups in total.